The second-order valence-electron chi connectivity index (χ2n) is 6.88. The van der Waals surface area contributed by atoms with Crippen LogP contribution in [0.25, 0.3) is 0 Å². The van der Waals surface area contributed by atoms with Gasteiger partial charge in [0.2, 0.25) is 10.0 Å². The zero-order valence-electron chi connectivity index (χ0n) is 14.7. The summed E-state index contributed by atoms with van der Waals surface area (Å²) in [5.41, 5.74) is 2.29. The van der Waals surface area contributed by atoms with Gasteiger partial charge in [0.25, 0.3) is 0 Å². The van der Waals surface area contributed by atoms with E-state index in [1.54, 1.807) is 0 Å². The molecule has 2 aliphatic rings. The Morgan fingerprint density at radius 3 is 2.48 bits per heavy atom. The highest BCUT2D eigenvalue weighted by Crippen LogP contribution is 2.22. The first-order valence-corrected chi connectivity index (χ1v) is 10.5. The fourth-order valence-electron chi connectivity index (χ4n) is 3.52. The van der Waals surface area contributed by atoms with Crippen LogP contribution in [0.2, 0.25) is 0 Å². The molecule has 0 spiro atoms. The number of sulfonamides is 1. The Kier molecular flexibility index (Phi) is 5.64. The van der Waals surface area contributed by atoms with Gasteiger partial charge in [0.1, 0.15) is 6.10 Å². The summed E-state index contributed by atoms with van der Waals surface area (Å²) in [6, 6.07) is 8.19. The number of carbonyl (C=O) groups excluding carboxylic acids is 1. The molecule has 1 aromatic carbocycles. The number of rotatable bonds is 5. The van der Waals surface area contributed by atoms with E-state index < -0.39 is 21.7 Å². The lowest BCUT2D eigenvalue weighted by atomic mass is 10.2. The van der Waals surface area contributed by atoms with Crippen molar-refractivity contribution in [2.45, 2.75) is 38.7 Å². The smallest absolute Gasteiger partial charge is 0.322 e. The predicted molar refractivity (Wildman–Crippen MR) is 97.1 cm³/mol. The van der Waals surface area contributed by atoms with Gasteiger partial charge in [-0.25, -0.2) is 8.42 Å². The van der Waals surface area contributed by atoms with Crippen molar-refractivity contribution in [3.63, 3.8) is 0 Å². The van der Waals surface area contributed by atoms with Gasteiger partial charge in [-0.15, -0.1) is 0 Å². The maximum atomic E-state index is 12.5. The molecular formula is C18H26N2O4S. The van der Waals surface area contributed by atoms with Crippen molar-refractivity contribution in [3.05, 3.63) is 29.8 Å². The van der Waals surface area contributed by atoms with Gasteiger partial charge < -0.3 is 9.64 Å². The number of aryl methyl sites for hydroxylation is 1. The van der Waals surface area contributed by atoms with Gasteiger partial charge >= 0.3 is 5.97 Å². The summed E-state index contributed by atoms with van der Waals surface area (Å²) in [4.78, 5) is 14.1. The average molecular weight is 366 g/mol. The molecule has 1 saturated heterocycles. The fourth-order valence-corrected chi connectivity index (χ4v) is 4.78. The summed E-state index contributed by atoms with van der Waals surface area (Å²) >= 11 is 0. The Labute approximate surface area is 149 Å². The minimum Gasteiger partial charge on any atom is -0.462 e. The zero-order chi connectivity index (χ0) is 17.9. The second-order valence-corrected chi connectivity index (χ2v) is 8.85. The number of benzene rings is 1. The first-order valence-electron chi connectivity index (χ1n) is 8.93. The molecule has 138 valence electrons. The third-order valence-corrected chi connectivity index (χ3v) is 6.65. The van der Waals surface area contributed by atoms with E-state index in [-0.39, 0.29) is 6.10 Å². The van der Waals surface area contributed by atoms with Gasteiger partial charge in [-0.05, 0) is 50.3 Å². The maximum absolute atomic E-state index is 12.5. The van der Waals surface area contributed by atoms with Crippen LogP contribution in [-0.4, -0.2) is 56.7 Å². The van der Waals surface area contributed by atoms with E-state index in [4.69, 9.17) is 4.74 Å². The fraction of sp³-hybridized carbons (Fsp3) is 0.611. The SMILES string of the molecule is Cc1cccc(N2CCN(S(=O)(=O)CC(=O)OC3CCCC3)CC2)c1. The molecule has 0 bridgehead atoms. The van der Waals surface area contributed by atoms with Crippen LogP contribution in [0.3, 0.4) is 0 Å². The first-order chi connectivity index (χ1) is 11.9. The highest BCUT2D eigenvalue weighted by atomic mass is 32.2. The van der Waals surface area contributed by atoms with E-state index in [9.17, 15) is 13.2 Å². The second kappa shape index (κ2) is 7.74. The van der Waals surface area contributed by atoms with Crippen LogP contribution < -0.4 is 4.90 Å². The summed E-state index contributed by atoms with van der Waals surface area (Å²) in [6.45, 7) is 4.08. The van der Waals surface area contributed by atoms with Gasteiger partial charge in [0.05, 0.1) is 0 Å². The molecule has 6 nitrogen and oxygen atoms in total. The van der Waals surface area contributed by atoms with Gasteiger partial charge in [-0.2, -0.15) is 4.31 Å². The van der Waals surface area contributed by atoms with E-state index in [0.29, 0.717) is 26.2 Å². The summed E-state index contributed by atoms with van der Waals surface area (Å²) < 4.78 is 31.6. The number of piperazine rings is 1. The van der Waals surface area contributed by atoms with Crippen molar-refractivity contribution in [1.82, 2.24) is 4.31 Å². The molecule has 1 aromatic rings. The molecule has 0 atom stereocenters. The molecule has 7 heteroatoms. The average Bonchev–Trinajstić information content (AvgIpc) is 3.07. The molecule has 0 radical (unpaired) electrons. The van der Waals surface area contributed by atoms with Gasteiger partial charge in [0, 0.05) is 31.9 Å². The largest absolute Gasteiger partial charge is 0.462 e. The quantitative estimate of drug-likeness (QED) is 0.745. The van der Waals surface area contributed by atoms with E-state index >= 15 is 0 Å². The molecule has 0 N–H and O–H groups in total. The van der Waals surface area contributed by atoms with Crippen LogP contribution in [0.5, 0.6) is 0 Å². The Bertz CT molecular complexity index is 706. The van der Waals surface area contributed by atoms with Crippen LogP contribution in [0.4, 0.5) is 5.69 Å². The molecule has 1 heterocycles. The van der Waals surface area contributed by atoms with Crippen molar-refractivity contribution >= 4 is 21.7 Å². The van der Waals surface area contributed by atoms with Crippen LogP contribution in [0.15, 0.2) is 24.3 Å². The van der Waals surface area contributed by atoms with Gasteiger partial charge in [-0.1, -0.05) is 12.1 Å². The van der Waals surface area contributed by atoms with Crippen molar-refractivity contribution in [1.29, 1.82) is 0 Å². The Hall–Kier alpha value is -1.60. The molecule has 3 rings (SSSR count). The van der Waals surface area contributed by atoms with E-state index in [0.717, 1.165) is 31.4 Å². The third-order valence-electron chi connectivity index (χ3n) is 4.90. The molecule has 1 aliphatic carbocycles. The Morgan fingerprint density at radius 1 is 1.16 bits per heavy atom. The van der Waals surface area contributed by atoms with Crippen molar-refractivity contribution < 1.29 is 17.9 Å². The molecule has 25 heavy (non-hydrogen) atoms. The molecule has 1 aliphatic heterocycles. The lowest BCUT2D eigenvalue weighted by Gasteiger charge is -2.35. The molecule has 0 unspecified atom stereocenters. The number of nitrogens with zero attached hydrogens (tertiary/aromatic N) is 2. The zero-order valence-corrected chi connectivity index (χ0v) is 15.5. The van der Waals surface area contributed by atoms with E-state index in [2.05, 4.69) is 11.0 Å². The topological polar surface area (TPSA) is 66.9 Å². The van der Waals surface area contributed by atoms with Gasteiger partial charge in [-0.3, -0.25) is 4.79 Å². The number of hydrogen-bond acceptors (Lipinski definition) is 5. The predicted octanol–water partition coefficient (Wildman–Crippen LogP) is 1.93. The lowest BCUT2D eigenvalue weighted by molar-refractivity contribution is -0.145. The summed E-state index contributed by atoms with van der Waals surface area (Å²) in [6.07, 6.45) is 3.69. The minimum atomic E-state index is -3.61. The molecule has 0 aromatic heterocycles. The Balaban J connectivity index is 1.53. The highest BCUT2D eigenvalue weighted by molar-refractivity contribution is 7.89. The number of ether oxygens (including phenoxy) is 1. The summed E-state index contributed by atoms with van der Waals surface area (Å²) in [5, 5.41) is 0. The van der Waals surface area contributed by atoms with E-state index in [1.165, 1.54) is 9.87 Å². The number of hydrogen-bond donors (Lipinski definition) is 0. The standard InChI is InChI=1S/C18H26N2O4S/c1-15-5-4-6-16(13-15)19-9-11-20(12-10-19)25(22,23)14-18(21)24-17-7-2-3-8-17/h4-6,13,17H,2-3,7-12,14H2,1H3. The third kappa shape index (κ3) is 4.73. The normalized spacial score (nSPS) is 20.0. The number of anilines is 1. The molecular weight excluding hydrogens is 340 g/mol. The Morgan fingerprint density at radius 2 is 1.84 bits per heavy atom. The highest BCUT2D eigenvalue weighted by Gasteiger charge is 2.31. The first kappa shape index (κ1) is 18.2. The van der Waals surface area contributed by atoms with Crippen molar-refractivity contribution in [2.24, 2.45) is 0 Å². The van der Waals surface area contributed by atoms with Crippen LogP contribution in [0.1, 0.15) is 31.2 Å². The van der Waals surface area contributed by atoms with Crippen LogP contribution >= 0.6 is 0 Å². The number of carbonyl (C=O) groups is 1. The number of esters is 1. The summed E-state index contributed by atoms with van der Waals surface area (Å²) in [7, 11) is -3.61. The van der Waals surface area contributed by atoms with E-state index in [1.807, 2.05) is 25.1 Å². The lowest BCUT2D eigenvalue weighted by Crippen LogP contribution is -2.50. The molecule has 2 fully saturated rings. The van der Waals surface area contributed by atoms with Gasteiger partial charge in [0.15, 0.2) is 5.75 Å². The van der Waals surface area contributed by atoms with Crippen LogP contribution in [0, 0.1) is 6.92 Å². The maximum Gasteiger partial charge on any atom is 0.322 e. The van der Waals surface area contributed by atoms with Crippen molar-refractivity contribution in [2.75, 3.05) is 36.8 Å². The minimum absolute atomic E-state index is 0.0964. The van der Waals surface area contributed by atoms with Crippen LogP contribution in [-0.2, 0) is 19.6 Å². The van der Waals surface area contributed by atoms with Crippen molar-refractivity contribution in [3.8, 4) is 0 Å². The molecule has 0 amide bonds. The monoisotopic (exact) mass is 366 g/mol. The summed E-state index contributed by atoms with van der Waals surface area (Å²) in [5.74, 6) is -1.17. The molecule has 1 saturated carbocycles.